The van der Waals surface area contributed by atoms with Crippen LogP contribution in [-0.4, -0.2) is 19.7 Å². The number of carbonyl (C=O) groups excluding carboxylic acids is 1. The zero-order chi connectivity index (χ0) is 19.8. The zero-order valence-corrected chi connectivity index (χ0v) is 16.3. The molecule has 1 saturated carbocycles. The molecule has 0 bridgehead atoms. The second-order valence-corrected chi connectivity index (χ2v) is 7.68. The van der Waals surface area contributed by atoms with E-state index in [9.17, 15) is 4.79 Å². The number of methoxy groups -OCH3 is 1. The highest BCUT2D eigenvalue weighted by Crippen LogP contribution is 2.51. The van der Waals surface area contributed by atoms with Crippen LogP contribution in [0.15, 0.2) is 66.7 Å². The topological polar surface area (TPSA) is 44.8 Å². The predicted molar refractivity (Wildman–Crippen MR) is 111 cm³/mol. The van der Waals surface area contributed by atoms with Crippen molar-refractivity contribution in [2.75, 3.05) is 13.9 Å². The molecule has 1 aliphatic heterocycles. The lowest BCUT2D eigenvalue weighted by Gasteiger charge is -2.15. The van der Waals surface area contributed by atoms with E-state index in [0.29, 0.717) is 6.42 Å². The van der Waals surface area contributed by atoms with Crippen LogP contribution in [0.5, 0.6) is 17.2 Å². The SMILES string of the molecule is COc1ccc(-c2ccc(CC(=O)C3(c4ccc5c(c4)OCO5)CC3)cc2)cc1. The van der Waals surface area contributed by atoms with Gasteiger partial charge < -0.3 is 14.2 Å². The number of fused-ring (bicyclic) bond motifs is 1. The van der Waals surface area contributed by atoms with Crippen LogP contribution in [0.25, 0.3) is 11.1 Å². The van der Waals surface area contributed by atoms with E-state index in [1.54, 1.807) is 7.11 Å². The normalized spacial score (nSPS) is 15.8. The van der Waals surface area contributed by atoms with Crippen molar-refractivity contribution in [2.45, 2.75) is 24.7 Å². The fraction of sp³-hybridized carbons (Fsp3) is 0.240. The van der Waals surface area contributed by atoms with E-state index in [4.69, 9.17) is 14.2 Å². The van der Waals surface area contributed by atoms with Gasteiger partial charge in [-0.25, -0.2) is 0 Å². The van der Waals surface area contributed by atoms with Crippen molar-refractivity contribution in [1.29, 1.82) is 0 Å². The minimum atomic E-state index is -0.365. The largest absolute Gasteiger partial charge is 0.497 e. The number of benzene rings is 3. The van der Waals surface area contributed by atoms with Crippen molar-refractivity contribution < 1.29 is 19.0 Å². The Morgan fingerprint density at radius 3 is 2.21 bits per heavy atom. The number of hydrogen-bond acceptors (Lipinski definition) is 4. The molecule has 1 heterocycles. The number of rotatable bonds is 6. The fourth-order valence-corrected chi connectivity index (χ4v) is 4.00. The summed E-state index contributed by atoms with van der Waals surface area (Å²) in [5.74, 6) is 2.61. The smallest absolute Gasteiger partial charge is 0.231 e. The Morgan fingerprint density at radius 1 is 0.897 bits per heavy atom. The Balaban J connectivity index is 1.31. The van der Waals surface area contributed by atoms with Crippen LogP contribution < -0.4 is 14.2 Å². The van der Waals surface area contributed by atoms with Gasteiger partial charge in [0.25, 0.3) is 0 Å². The van der Waals surface area contributed by atoms with Crippen molar-refractivity contribution in [3.8, 4) is 28.4 Å². The number of Topliss-reactive ketones (excluding diaryl/α,β-unsaturated/α-hetero) is 1. The number of ether oxygens (including phenoxy) is 3. The van der Waals surface area contributed by atoms with Gasteiger partial charge in [0.05, 0.1) is 12.5 Å². The summed E-state index contributed by atoms with van der Waals surface area (Å²) >= 11 is 0. The Labute approximate surface area is 170 Å². The van der Waals surface area contributed by atoms with Gasteiger partial charge in [-0.05, 0) is 59.4 Å². The molecule has 0 radical (unpaired) electrons. The third-order valence-corrected chi connectivity index (χ3v) is 5.95. The minimum Gasteiger partial charge on any atom is -0.497 e. The average molecular weight is 386 g/mol. The first-order valence-corrected chi connectivity index (χ1v) is 9.85. The number of ketones is 1. The quantitative estimate of drug-likeness (QED) is 0.602. The van der Waals surface area contributed by atoms with Gasteiger partial charge in [0, 0.05) is 6.42 Å². The van der Waals surface area contributed by atoms with Gasteiger partial charge in [0.1, 0.15) is 11.5 Å². The summed E-state index contributed by atoms with van der Waals surface area (Å²) in [5.41, 5.74) is 3.97. The molecule has 0 N–H and O–H groups in total. The summed E-state index contributed by atoms with van der Waals surface area (Å²) in [7, 11) is 1.66. The summed E-state index contributed by atoms with van der Waals surface area (Å²) in [6.45, 7) is 0.250. The molecule has 3 aromatic carbocycles. The lowest BCUT2D eigenvalue weighted by Crippen LogP contribution is -2.22. The number of hydrogen-bond donors (Lipinski definition) is 0. The fourth-order valence-electron chi connectivity index (χ4n) is 4.00. The summed E-state index contributed by atoms with van der Waals surface area (Å²) in [5, 5.41) is 0. The first-order chi connectivity index (χ1) is 14.2. The van der Waals surface area contributed by atoms with E-state index in [0.717, 1.165) is 52.3 Å². The Kier molecular flexibility index (Phi) is 4.27. The average Bonchev–Trinajstić information content (AvgIpc) is 3.45. The highest BCUT2D eigenvalue weighted by Gasteiger charge is 2.50. The van der Waals surface area contributed by atoms with Gasteiger partial charge in [0.2, 0.25) is 6.79 Å². The van der Waals surface area contributed by atoms with Crippen LogP contribution in [0, 0.1) is 0 Å². The molecule has 29 heavy (non-hydrogen) atoms. The monoisotopic (exact) mass is 386 g/mol. The predicted octanol–water partition coefficient (Wildman–Crippen LogP) is 4.93. The molecule has 3 aromatic rings. The zero-order valence-electron chi connectivity index (χ0n) is 16.3. The van der Waals surface area contributed by atoms with E-state index >= 15 is 0 Å². The molecule has 0 amide bonds. The number of carbonyl (C=O) groups is 1. The Bertz CT molecular complexity index is 1050. The lowest BCUT2D eigenvalue weighted by atomic mass is 9.87. The highest BCUT2D eigenvalue weighted by atomic mass is 16.7. The van der Waals surface area contributed by atoms with Crippen LogP contribution in [-0.2, 0) is 16.6 Å². The van der Waals surface area contributed by atoms with E-state index in [1.165, 1.54) is 0 Å². The van der Waals surface area contributed by atoms with Crippen LogP contribution in [0.2, 0.25) is 0 Å². The summed E-state index contributed by atoms with van der Waals surface area (Å²) in [4.78, 5) is 13.1. The van der Waals surface area contributed by atoms with E-state index in [1.807, 2.05) is 54.6 Å². The maximum absolute atomic E-state index is 13.1. The molecule has 4 nitrogen and oxygen atoms in total. The second-order valence-electron chi connectivity index (χ2n) is 7.68. The van der Waals surface area contributed by atoms with Gasteiger partial charge in [-0.15, -0.1) is 0 Å². The van der Waals surface area contributed by atoms with Gasteiger partial charge in [-0.3, -0.25) is 4.79 Å². The van der Waals surface area contributed by atoms with E-state index in [-0.39, 0.29) is 18.0 Å². The third-order valence-electron chi connectivity index (χ3n) is 5.95. The molecule has 4 heteroatoms. The van der Waals surface area contributed by atoms with Gasteiger partial charge >= 0.3 is 0 Å². The van der Waals surface area contributed by atoms with Gasteiger partial charge in [-0.1, -0.05) is 42.5 Å². The first-order valence-electron chi connectivity index (χ1n) is 9.85. The van der Waals surface area contributed by atoms with Gasteiger partial charge in [-0.2, -0.15) is 0 Å². The minimum absolute atomic E-state index is 0.250. The maximum Gasteiger partial charge on any atom is 0.231 e. The standard InChI is InChI=1S/C25H22O4/c1-27-21-9-6-19(7-10-21)18-4-2-17(3-5-18)14-24(26)25(12-13-25)20-8-11-22-23(15-20)29-16-28-22/h2-11,15H,12-14,16H2,1H3. The molecule has 1 fully saturated rings. The van der Waals surface area contributed by atoms with Crippen LogP contribution in [0.1, 0.15) is 24.0 Å². The molecule has 0 unspecified atom stereocenters. The van der Waals surface area contributed by atoms with Gasteiger partial charge in [0.15, 0.2) is 11.5 Å². The second kappa shape index (κ2) is 6.96. The summed E-state index contributed by atoms with van der Waals surface area (Å²) < 4.78 is 16.1. The molecule has 5 rings (SSSR count). The van der Waals surface area contributed by atoms with Crippen molar-refractivity contribution in [3.63, 3.8) is 0 Å². The van der Waals surface area contributed by atoms with E-state index in [2.05, 4.69) is 12.1 Å². The molecule has 0 atom stereocenters. The Hall–Kier alpha value is -3.27. The molecular formula is C25H22O4. The summed E-state index contributed by atoms with van der Waals surface area (Å²) in [6.07, 6.45) is 2.24. The van der Waals surface area contributed by atoms with Crippen LogP contribution in [0.4, 0.5) is 0 Å². The van der Waals surface area contributed by atoms with Crippen LogP contribution in [0.3, 0.4) is 0 Å². The van der Waals surface area contributed by atoms with Crippen molar-refractivity contribution in [1.82, 2.24) is 0 Å². The molecule has 0 spiro atoms. The third kappa shape index (κ3) is 3.25. The van der Waals surface area contributed by atoms with E-state index < -0.39 is 0 Å². The molecule has 2 aliphatic rings. The van der Waals surface area contributed by atoms with Crippen molar-refractivity contribution in [2.24, 2.45) is 0 Å². The molecule has 1 aliphatic carbocycles. The highest BCUT2D eigenvalue weighted by molar-refractivity contribution is 5.94. The molecular weight excluding hydrogens is 364 g/mol. The molecule has 0 aromatic heterocycles. The maximum atomic E-state index is 13.1. The lowest BCUT2D eigenvalue weighted by molar-refractivity contribution is -0.120. The first kappa shape index (κ1) is 17.8. The van der Waals surface area contributed by atoms with Crippen molar-refractivity contribution in [3.05, 3.63) is 77.9 Å². The molecule has 0 saturated heterocycles. The molecule has 146 valence electrons. The van der Waals surface area contributed by atoms with Crippen molar-refractivity contribution >= 4 is 5.78 Å². The summed E-state index contributed by atoms with van der Waals surface area (Å²) in [6, 6.07) is 22.1. The Morgan fingerprint density at radius 2 is 1.55 bits per heavy atom. The van der Waals surface area contributed by atoms with Crippen LogP contribution >= 0.6 is 0 Å².